The molecular weight excluding hydrogens is 204 g/mol. The molecule has 1 aliphatic carbocycles. The molecule has 0 spiro atoms. The van der Waals surface area contributed by atoms with Gasteiger partial charge in [0, 0.05) is 0 Å². The Balaban J connectivity index is 3.09. The van der Waals surface area contributed by atoms with Crippen LogP contribution in [0.1, 0.15) is 19.8 Å². The largest absolute Gasteiger partial charge is 0.0991 e. The summed E-state index contributed by atoms with van der Waals surface area (Å²) in [6.45, 7) is 9.46. The molecule has 0 aromatic heterocycles. The second-order valence-corrected chi connectivity index (χ2v) is 3.82. The standard InChI is InChI=1S/C17H20/c1-4-7-11-15(10-6-3)17-14-9-13-16(17)12-8-5-2/h4-8,10-13H,1-2,9,14H2,3H3/b10-6+,11-7-,12-8+,17-15+. The molecule has 0 saturated carbocycles. The molecule has 0 aromatic carbocycles. The Morgan fingerprint density at radius 1 is 1.18 bits per heavy atom. The van der Waals surface area contributed by atoms with Crippen LogP contribution in [0.25, 0.3) is 0 Å². The molecule has 0 fully saturated rings. The first-order valence-corrected chi connectivity index (χ1v) is 5.98. The Bertz CT molecular complexity index is 423. The van der Waals surface area contributed by atoms with Gasteiger partial charge in [0.25, 0.3) is 0 Å². The van der Waals surface area contributed by atoms with E-state index in [4.69, 9.17) is 0 Å². The minimum absolute atomic E-state index is 1.11. The number of allylic oxidation sites excluding steroid dienone is 12. The maximum Gasteiger partial charge on any atom is -0.0222 e. The van der Waals surface area contributed by atoms with Crippen molar-refractivity contribution < 1.29 is 0 Å². The monoisotopic (exact) mass is 224 g/mol. The number of hydrogen-bond donors (Lipinski definition) is 0. The molecule has 0 nitrogen and oxygen atoms in total. The van der Waals surface area contributed by atoms with Crippen molar-refractivity contribution in [3.8, 4) is 0 Å². The van der Waals surface area contributed by atoms with Crippen molar-refractivity contribution in [1.82, 2.24) is 0 Å². The normalized spacial score (nSPS) is 19.2. The van der Waals surface area contributed by atoms with Gasteiger partial charge in [-0.1, -0.05) is 67.8 Å². The molecule has 0 saturated heterocycles. The summed E-state index contributed by atoms with van der Waals surface area (Å²) in [5.74, 6) is 0. The molecule has 1 aliphatic rings. The van der Waals surface area contributed by atoms with Gasteiger partial charge >= 0.3 is 0 Å². The summed E-state index contributed by atoms with van der Waals surface area (Å²) in [7, 11) is 0. The number of rotatable bonds is 5. The summed E-state index contributed by atoms with van der Waals surface area (Å²) in [6, 6.07) is 0. The third-order valence-corrected chi connectivity index (χ3v) is 2.63. The van der Waals surface area contributed by atoms with E-state index in [2.05, 4.69) is 43.5 Å². The molecule has 0 atom stereocenters. The molecule has 0 heteroatoms. The summed E-state index contributed by atoms with van der Waals surface area (Å²) in [5, 5.41) is 0. The van der Waals surface area contributed by atoms with Crippen molar-refractivity contribution >= 4 is 0 Å². The fourth-order valence-corrected chi connectivity index (χ4v) is 1.90. The highest BCUT2D eigenvalue weighted by atomic mass is 14.2. The lowest BCUT2D eigenvalue weighted by molar-refractivity contribution is 1.05. The van der Waals surface area contributed by atoms with Crippen molar-refractivity contribution in [3.05, 3.63) is 84.6 Å². The van der Waals surface area contributed by atoms with E-state index in [0.29, 0.717) is 0 Å². The van der Waals surface area contributed by atoms with Crippen LogP contribution in [0.15, 0.2) is 84.6 Å². The van der Waals surface area contributed by atoms with Gasteiger partial charge in [-0.25, -0.2) is 0 Å². The van der Waals surface area contributed by atoms with Gasteiger partial charge in [-0.3, -0.25) is 0 Å². The zero-order valence-electron chi connectivity index (χ0n) is 10.5. The lowest BCUT2D eigenvalue weighted by Crippen LogP contribution is -1.86. The second kappa shape index (κ2) is 7.45. The maximum atomic E-state index is 3.71. The highest BCUT2D eigenvalue weighted by Crippen LogP contribution is 2.30. The van der Waals surface area contributed by atoms with E-state index in [1.54, 1.807) is 0 Å². The lowest BCUT2D eigenvalue weighted by Gasteiger charge is -2.05. The highest BCUT2D eigenvalue weighted by molar-refractivity contribution is 5.53. The molecule has 0 aliphatic heterocycles. The van der Waals surface area contributed by atoms with E-state index in [1.807, 2.05) is 31.2 Å². The van der Waals surface area contributed by atoms with Gasteiger partial charge in [-0.2, -0.15) is 0 Å². The van der Waals surface area contributed by atoms with Gasteiger partial charge in [0.2, 0.25) is 0 Å². The van der Waals surface area contributed by atoms with Gasteiger partial charge in [0.1, 0.15) is 0 Å². The maximum absolute atomic E-state index is 3.71. The van der Waals surface area contributed by atoms with Crippen molar-refractivity contribution in [3.63, 3.8) is 0 Å². The van der Waals surface area contributed by atoms with Crippen molar-refractivity contribution in [2.75, 3.05) is 0 Å². The molecule has 0 radical (unpaired) electrons. The van der Waals surface area contributed by atoms with Gasteiger partial charge in [-0.05, 0) is 36.5 Å². The summed E-state index contributed by atoms with van der Waals surface area (Å²) >= 11 is 0. The van der Waals surface area contributed by atoms with Gasteiger partial charge in [0.05, 0.1) is 0 Å². The molecule has 0 aromatic rings. The third-order valence-electron chi connectivity index (χ3n) is 2.63. The van der Waals surface area contributed by atoms with Gasteiger partial charge in [0.15, 0.2) is 0 Å². The van der Waals surface area contributed by atoms with Crippen LogP contribution in [0.3, 0.4) is 0 Å². The predicted octanol–water partition coefficient (Wildman–Crippen LogP) is 5.06. The summed E-state index contributed by atoms with van der Waals surface area (Å²) in [6.07, 6.45) is 20.6. The summed E-state index contributed by atoms with van der Waals surface area (Å²) in [4.78, 5) is 0. The van der Waals surface area contributed by atoms with Crippen molar-refractivity contribution in [1.29, 1.82) is 0 Å². The Hall–Kier alpha value is -1.82. The first-order valence-electron chi connectivity index (χ1n) is 5.98. The van der Waals surface area contributed by atoms with E-state index in [9.17, 15) is 0 Å². The third kappa shape index (κ3) is 3.92. The van der Waals surface area contributed by atoms with Crippen LogP contribution >= 0.6 is 0 Å². The quantitative estimate of drug-likeness (QED) is 0.572. The molecule has 0 amide bonds. The summed E-state index contributed by atoms with van der Waals surface area (Å²) in [5.41, 5.74) is 3.98. The highest BCUT2D eigenvalue weighted by Gasteiger charge is 2.11. The summed E-state index contributed by atoms with van der Waals surface area (Å²) < 4.78 is 0. The van der Waals surface area contributed by atoms with Crippen LogP contribution < -0.4 is 0 Å². The molecule has 0 N–H and O–H groups in total. The van der Waals surface area contributed by atoms with Gasteiger partial charge in [-0.15, -0.1) is 0 Å². The number of hydrogen-bond acceptors (Lipinski definition) is 0. The SMILES string of the molecule is C=C\C=C/C(/C=C/C)=C1\CCC=C1/C=C/C=C. The molecule has 0 bridgehead atoms. The van der Waals surface area contributed by atoms with Gasteiger partial charge < -0.3 is 0 Å². The second-order valence-electron chi connectivity index (χ2n) is 3.82. The molecule has 1 rings (SSSR count). The Labute approximate surface area is 105 Å². The minimum atomic E-state index is 1.11. The van der Waals surface area contributed by atoms with E-state index in [0.717, 1.165) is 12.8 Å². The Morgan fingerprint density at radius 2 is 1.94 bits per heavy atom. The molecule has 0 unspecified atom stereocenters. The van der Waals surface area contributed by atoms with Crippen LogP contribution in [0.4, 0.5) is 0 Å². The topological polar surface area (TPSA) is 0 Å². The zero-order valence-corrected chi connectivity index (χ0v) is 10.5. The first-order chi connectivity index (χ1) is 8.33. The predicted molar refractivity (Wildman–Crippen MR) is 77.8 cm³/mol. The molecular formula is C17H20. The smallest absolute Gasteiger partial charge is 0.0222 e. The van der Waals surface area contributed by atoms with E-state index in [-0.39, 0.29) is 0 Å². The first kappa shape index (κ1) is 13.2. The van der Waals surface area contributed by atoms with Crippen LogP contribution in [-0.4, -0.2) is 0 Å². The fraction of sp³-hybridized carbons (Fsp3) is 0.176. The van der Waals surface area contributed by atoms with E-state index < -0.39 is 0 Å². The average molecular weight is 224 g/mol. The Kier molecular flexibility index (Phi) is 5.81. The molecule has 88 valence electrons. The van der Waals surface area contributed by atoms with Crippen LogP contribution in [0.2, 0.25) is 0 Å². The molecule has 0 heterocycles. The average Bonchev–Trinajstić information content (AvgIpc) is 2.80. The van der Waals surface area contributed by atoms with Crippen LogP contribution in [0.5, 0.6) is 0 Å². The van der Waals surface area contributed by atoms with Crippen LogP contribution in [0, 0.1) is 0 Å². The Morgan fingerprint density at radius 3 is 2.59 bits per heavy atom. The van der Waals surface area contributed by atoms with Crippen molar-refractivity contribution in [2.45, 2.75) is 19.8 Å². The van der Waals surface area contributed by atoms with Crippen LogP contribution in [-0.2, 0) is 0 Å². The van der Waals surface area contributed by atoms with E-state index >= 15 is 0 Å². The fourth-order valence-electron chi connectivity index (χ4n) is 1.90. The minimum Gasteiger partial charge on any atom is -0.0991 e. The zero-order chi connectivity index (χ0) is 12.5. The van der Waals surface area contributed by atoms with E-state index in [1.165, 1.54) is 16.7 Å². The lowest BCUT2D eigenvalue weighted by atomic mass is 10.0. The molecule has 17 heavy (non-hydrogen) atoms. The van der Waals surface area contributed by atoms with Crippen molar-refractivity contribution in [2.24, 2.45) is 0 Å².